The molecular weight excluding hydrogens is 124 g/mol. The first-order valence-electron chi connectivity index (χ1n) is 4.23. The number of rotatable bonds is 4. The van der Waals surface area contributed by atoms with E-state index in [9.17, 15) is 5.11 Å². The lowest BCUT2D eigenvalue weighted by Gasteiger charge is -2.27. The molecule has 0 heterocycles. The molecule has 1 heteroatoms. The van der Waals surface area contributed by atoms with Gasteiger partial charge in [0.25, 0.3) is 0 Å². The van der Waals surface area contributed by atoms with E-state index >= 15 is 0 Å². The highest BCUT2D eigenvalue weighted by atomic mass is 16.3. The molecule has 0 bridgehead atoms. The fourth-order valence-corrected chi connectivity index (χ4v) is 0.823. The van der Waals surface area contributed by atoms with Crippen LogP contribution >= 0.6 is 0 Å². The van der Waals surface area contributed by atoms with Gasteiger partial charge in [-0.3, -0.25) is 0 Å². The summed E-state index contributed by atoms with van der Waals surface area (Å²) in [7, 11) is 0. The van der Waals surface area contributed by atoms with Crippen molar-refractivity contribution in [3.8, 4) is 0 Å². The second-order valence-electron chi connectivity index (χ2n) is 3.62. The molecule has 62 valence electrons. The summed E-state index contributed by atoms with van der Waals surface area (Å²) in [5, 5.41) is 9.72. The molecule has 0 unspecified atom stereocenters. The SMILES string of the molecule is CCCC[C@](C)(O)C(C)C. The standard InChI is InChI=1S/C9H20O/c1-5-6-7-9(4,10)8(2)3/h8,10H,5-7H2,1-4H3/t9-/m0/s1. The molecule has 10 heavy (non-hydrogen) atoms. The topological polar surface area (TPSA) is 20.2 Å². The molecule has 0 aromatic carbocycles. The molecule has 1 N–H and O–H groups in total. The van der Waals surface area contributed by atoms with E-state index in [-0.39, 0.29) is 0 Å². The second-order valence-corrected chi connectivity index (χ2v) is 3.62. The maximum Gasteiger partial charge on any atom is 0.0642 e. The summed E-state index contributed by atoms with van der Waals surface area (Å²) in [5.74, 6) is 0.374. The Hall–Kier alpha value is -0.0400. The third kappa shape index (κ3) is 3.21. The zero-order valence-corrected chi connectivity index (χ0v) is 7.65. The smallest absolute Gasteiger partial charge is 0.0642 e. The maximum absolute atomic E-state index is 9.72. The third-order valence-electron chi connectivity index (χ3n) is 2.28. The van der Waals surface area contributed by atoms with E-state index in [1.165, 1.54) is 6.42 Å². The Morgan fingerprint density at radius 1 is 1.40 bits per heavy atom. The summed E-state index contributed by atoms with van der Waals surface area (Å²) in [6, 6.07) is 0. The summed E-state index contributed by atoms with van der Waals surface area (Å²) in [5.41, 5.74) is -0.448. The van der Waals surface area contributed by atoms with Crippen LogP contribution in [0.25, 0.3) is 0 Å². The van der Waals surface area contributed by atoms with Crippen molar-refractivity contribution in [3.63, 3.8) is 0 Å². The average molecular weight is 144 g/mol. The summed E-state index contributed by atoms with van der Waals surface area (Å²) in [6.45, 7) is 8.20. The Labute approximate surface area is 64.5 Å². The van der Waals surface area contributed by atoms with Gasteiger partial charge in [0.1, 0.15) is 0 Å². The normalized spacial score (nSPS) is 17.4. The molecule has 0 aromatic heterocycles. The molecule has 1 nitrogen and oxygen atoms in total. The minimum atomic E-state index is -0.448. The van der Waals surface area contributed by atoms with Crippen molar-refractivity contribution in [1.82, 2.24) is 0 Å². The lowest BCUT2D eigenvalue weighted by Crippen LogP contribution is -2.30. The monoisotopic (exact) mass is 144 g/mol. The Balaban J connectivity index is 3.63. The lowest BCUT2D eigenvalue weighted by atomic mass is 9.88. The highest BCUT2D eigenvalue weighted by Gasteiger charge is 2.23. The van der Waals surface area contributed by atoms with Gasteiger partial charge in [-0.15, -0.1) is 0 Å². The van der Waals surface area contributed by atoms with E-state index in [0.29, 0.717) is 5.92 Å². The molecule has 0 saturated heterocycles. The summed E-state index contributed by atoms with van der Waals surface area (Å²) in [4.78, 5) is 0. The minimum absolute atomic E-state index is 0.374. The number of unbranched alkanes of at least 4 members (excludes halogenated alkanes) is 1. The lowest BCUT2D eigenvalue weighted by molar-refractivity contribution is 0.00349. The van der Waals surface area contributed by atoms with Gasteiger partial charge in [0, 0.05) is 0 Å². The maximum atomic E-state index is 9.72. The summed E-state index contributed by atoms with van der Waals surface area (Å²) in [6.07, 6.45) is 3.23. The van der Waals surface area contributed by atoms with Crippen LogP contribution in [0.4, 0.5) is 0 Å². The highest BCUT2D eigenvalue weighted by molar-refractivity contribution is 4.75. The van der Waals surface area contributed by atoms with Gasteiger partial charge in [0.05, 0.1) is 5.60 Å². The van der Waals surface area contributed by atoms with Crippen LogP contribution in [0, 0.1) is 5.92 Å². The van der Waals surface area contributed by atoms with Crippen LogP contribution in [0.2, 0.25) is 0 Å². The molecule has 0 fully saturated rings. The van der Waals surface area contributed by atoms with Crippen molar-refractivity contribution in [2.24, 2.45) is 5.92 Å². The van der Waals surface area contributed by atoms with E-state index in [2.05, 4.69) is 20.8 Å². The van der Waals surface area contributed by atoms with Crippen molar-refractivity contribution in [2.75, 3.05) is 0 Å². The van der Waals surface area contributed by atoms with Gasteiger partial charge < -0.3 is 5.11 Å². The quantitative estimate of drug-likeness (QED) is 0.643. The third-order valence-corrected chi connectivity index (χ3v) is 2.28. The van der Waals surface area contributed by atoms with Gasteiger partial charge >= 0.3 is 0 Å². The Bertz CT molecular complexity index is 84.7. The molecule has 0 aliphatic heterocycles. The largest absolute Gasteiger partial charge is 0.390 e. The zero-order valence-electron chi connectivity index (χ0n) is 7.65. The first kappa shape index (κ1) is 9.96. The summed E-state index contributed by atoms with van der Waals surface area (Å²) < 4.78 is 0. The van der Waals surface area contributed by atoms with Crippen molar-refractivity contribution < 1.29 is 5.11 Å². The average Bonchev–Trinajstić information content (AvgIpc) is 1.84. The number of aliphatic hydroxyl groups is 1. The summed E-state index contributed by atoms with van der Waals surface area (Å²) >= 11 is 0. The van der Waals surface area contributed by atoms with Gasteiger partial charge in [0.15, 0.2) is 0 Å². The fourth-order valence-electron chi connectivity index (χ4n) is 0.823. The van der Waals surface area contributed by atoms with E-state index in [4.69, 9.17) is 0 Å². The molecule has 0 aromatic rings. The van der Waals surface area contributed by atoms with Gasteiger partial charge in [0.2, 0.25) is 0 Å². The first-order chi connectivity index (χ1) is 4.50. The first-order valence-corrected chi connectivity index (χ1v) is 4.23. The van der Waals surface area contributed by atoms with Gasteiger partial charge in [-0.1, -0.05) is 33.6 Å². The molecule has 0 amide bonds. The van der Waals surface area contributed by atoms with Crippen molar-refractivity contribution >= 4 is 0 Å². The molecule has 0 aliphatic carbocycles. The van der Waals surface area contributed by atoms with E-state index < -0.39 is 5.60 Å². The van der Waals surface area contributed by atoms with Crippen LogP contribution in [-0.2, 0) is 0 Å². The molecule has 0 radical (unpaired) electrons. The van der Waals surface area contributed by atoms with Crippen molar-refractivity contribution in [3.05, 3.63) is 0 Å². The number of hydrogen-bond acceptors (Lipinski definition) is 1. The van der Waals surface area contributed by atoms with Crippen molar-refractivity contribution in [2.45, 2.75) is 52.6 Å². The van der Waals surface area contributed by atoms with Gasteiger partial charge in [-0.25, -0.2) is 0 Å². The molecule has 0 rings (SSSR count). The minimum Gasteiger partial charge on any atom is -0.390 e. The Morgan fingerprint density at radius 3 is 2.20 bits per heavy atom. The van der Waals surface area contributed by atoms with Crippen molar-refractivity contribution in [1.29, 1.82) is 0 Å². The Kier molecular flexibility index (Phi) is 3.95. The van der Waals surface area contributed by atoms with Crippen LogP contribution in [0.1, 0.15) is 47.0 Å². The van der Waals surface area contributed by atoms with Crippen LogP contribution < -0.4 is 0 Å². The van der Waals surface area contributed by atoms with E-state index in [0.717, 1.165) is 12.8 Å². The van der Waals surface area contributed by atoms with Crippen LogP contribution in [-0.4, -0.2) is 10.7 Å². The molecule has 1 atom stereocenters. The second kappa shape index (κ2) is 3.97. The van der Waals surface area contributed by atoms with Gasteiger partial charge in [-0.05, 0) is 19.3 Å². The Morgan fingerprint density at radius 2 is 1.90 bits per heavy atom. The van der Waals surface area contributed by atoms with E-state index in [1.807, 2.05) is 6.92 Å². The molecule has 0 saturated carbocycles. The van der Waals surface area contributed by atoms with Crippen LogP contribution in [0.3, 0.4) is 0 Å². The van der Waals surface area contributed by atoms with Gasteiger partial charge in [-0.2, -0.15) is 0 Å². The van der Waals surface area contributed by atoms with Crippen LogP contribution in [0.15, 0.2) is 0 Å². The zero-order chi connectivity index (χ0) is 8.20. The fraction of sp³-hybridized carbons (Fsp3) is 1.00. The van der Waals surface area contributed by atoms with E-state index in [1.54, 1.807) is 0 Å². The predicted molar refractivity (Wildman–Crippen MR) is 45.0 cm³/mol. The van der Waals surface area contributed by atoms with Crippen LogP contribution in [0.5, 0.6) is 0 Å². The molecule has 0 aliphatic rings. The highest BCUT2D eigenvalue weighted by Crippen LogP contribution is 2.22. The number of hydrogen-bond donors (Lipinski definition) is 1. The molecule has 0 spiro atoms. The molecular formula is C9H20O. The predicted octanol–water partition coefficient (Wildman–Crippen LogP) is 2.58.